The van der Waals surface area contributed by atoms with Crippen LogP contribution in [0.2, 0.25) is 0 Å². The number of hydrogen-bond donors (Lipinski definition) is 0. The molecular formula is C53H92O6. The summed E-state index contributed by atoms with van der Waals surface area (Å²) in [4.78, 5) is 37.9. The van der Waals surface area contributed by atoms with Gasteiger partial charge < -0.3 is 14.2 Å². The molecule has 59 heavy (non-hydrogen) atoms. The SMILES string of the molecule is CCC\C=C/C=C\C=C/C=C\C=C/CCCCCCCC(=O)OCC(COC(=O)CCCCCCCCCCCCC)OC(=O)CCCCCCCCCCCCCC. The Kier molecular flexibility index (Phi) is 45.4. The van der Waals surface area contributed by atoms with Crippen LogP contribution in [0.3, 0.4) is 0 Å². The van der Waals surface area contributed by atoms with Crippen molar-refractivity contribution in [3.63, 3.8) is 0 Å². The lowest BCUT2D eigenvalue weighted by atomic mass is 10.0. The largest absolute Gasteiger partial charge is 0.462 e. The molecule has 0 saturated heterocycles. The predicted octanol–water partition coefficient (Wildman–Crippen LogP) is 16.1. The van der Waals surface area contributed by atoms with E-state index in [0.29, 0.717) is 19.3 Å². The van der Waals surface area contributed by atoms with Crippen molar-refractivity contribution in [1.29, 1.82) is 0 Å². The minimum absolute atomic E-state index is 0.0797. The van der Waals surface area contributed by atoms with E-state index in [1.54, 1.807) is 0 Å². The summed E-state index contributed by atoms with van der Waals surface area (Å²) in [7, 11) is 0. The van der Waals surface area contributed by atoms with Crippen LogP contribution in [0.15, 0.2) is 60.8 Å². The maximum atomic E-state index is 12.7. The molecule has 0 fully saturated rings. The Labute approximate surface area is 364 Å². The van der Waals surface area contributed by atoms with Crippen molar-refractivity contribution in [3.8, 4) is 0 Å². The smallest absolute Gasteiger partial charge is 0.306 e. The highest BCUT2D eigenvalue weighted by Crippen LogP contribution is 2.15. The lowest BCUT2D eigenvalue weighted by Crippen LogP contribution is -2.30. The van der Waals surface area contributed by atoms with Gasteiger partial charge in [0.1, 0.15) is 13.2 Å². The van der Waals surface area contributed by atoms with E-state index >= 15 is 0 Å². The molecule has 0 bridgehead atoms. The van der Waals surface area contributed by atoms with Gasteiger partial charge in [0, 0.05) is 19.3 Å². The highest BCUT2D eigenvalue weighted by molar-refractivity contribution is 5.71. The molecule has 340 valence electrons. The second kappa shape index (κ2) is 47.8. The Hall–Kier alpha value is -2.89. The Balaban J connectivity index is 4.40. The van der Waals surface area contributed by atoms with E-state index in [2.05, 4.69) is 57.2 Å². The molecule has 0 saturated carbocycles. The van der Waals surface area contributed by atoms with Gasteiger partial charge >= 0.3 is 17.9 Å². The van der Waals surface area contributed by atoms with Gasteiger partial charge in [-0.2, -0.15) is 0 Å². The van der Waals surface area contributed by atoms with Crippen molar-refractivity contribution in [2.24, 2.45) is 0 Å². The standard InChI is InChI=1S/C53H92O6/c1-4-7-10-13-16-19-22-24-25-26-27-28-29-32-34-37-40-43-46-52(55)58-49-50(48-57-51(54)45-42-39-36-33-30-21-18-15-12-9-6-3)59-53(56)47-44-41-38-35-31-23-20-17-14-11-8-5-2/h10,13,16,19,22,24-28,50H,4-9,11-12,14-15,17-18,20-21,23,29-49H2,1-3H3/b13-10-,19-16-,24-22-,26-25-,28-27-. The number of rotatable bonds is 44. The highest BCUT2D eigenvalue weighted by atomic mass is 16.6. The van der Waals surface area contributed by atoms with Crippen LogP contribution in [-0.2, 0) is 28.6 Å². The number of carbonyl (C=O) groups excluding carboxylic acids is 3. The molecule has 0 aromatic heterocycles. The van der Waals surface area contributed by atoms with Crippen LogP contribution < -0.4 is 0 Å². The van der Waals surface area contributed by atoms with E-state index in [0.717, 1.165) is 83.5 Å². The quantitative estimate of drug-likeness (QED) is 0.0263. The number of unbranched alkanes of at least 4 members (excludes halogenated alkanes) is 27. The zero-order chi connectivity index (χ0) is 43.0. The molecule has 1 unspecified atom stereocenters. The fraction of sp³-hybridized carbons (Fsp3) is 0.755. The minimum atomic E-state index is -0.779. The molecule has 0 aliphatic carbocycles. The summed E-state index contributed by atoms with van der Waals surface area (Å²) in [6.07, 6.45) is 57.6. The number of ether oxygens (including phenoxy) is 3. The van der Waals surface area contributed by atoms with E-state index in [4.69, 9.17) is 14.2 Å². The first-order valence-electron chi connectivity index (χ1n) is 24.9. The molecule has 0 amide bonds. The van der Waals surface area contributed by atoms with Crippen LogP contribution >= 0.6 is 0 Å². The van der Waals surface area contributed by atoms with Crippen molar-refractivity contribution < 1.29 is 28.6 Å². The first kappa shape index (κ1) is 56.1. The van der Waals surface area contributed by atoms with E-state index in [1.807, 2.05) is 24.3 Å². The molecule has 0 aromatic rings. The topological polar surface area (TPSA) is 78.9 Å². The van der Waals surface area contributed by atoms with Crippen LogP contribution in [0.4, 0.5) is 0 Å². The molecule has 0 radical (unpaired) electrons. The molecule has 0 heterocycles. The molecular weight excluding hydrogens is 733 g/mol. The van der Waals surface area contributed by atoms with Crippen molar-refractivity contribution >= 4 is 17.9 Å². The van der Waals surface area contributed by atoms with Crippen molar-refractivity contribution in [3.05, 3.63) is 60.8 Å². The normalized spacial score (nSPS) is 12.5. The maximum Gasteiger partial charge on any atom is 0.306 e. The number of carbonyl (C=O) groups is 3. The van der Waals surface area contributed by atoms with Gasteiger partial charge in [-0.05, 0) is 38.5 Å². The van der Waals surface area contributed by atoms with Crippen LogP contribution in [-0.4, -0.2) is 37.2 Å². The van der Waals surface area contributed by atoms with Crippen LogP contribution in [0.25, 0.3) is 0 Å². The van der Waals surface area contributed by atoms with E-state index in [9.17, 15) is 14.4 Å². The molecule has 0 N–H and O–H groups in total. The fourth-order valence-electron chi connectivity index (χ4n) is 6.88. The lowest BCUT2D eigenvalue weighted by Gasteiger charge is -2.18. The molecule has 0 aliphatic heterocycles. The average molecular weight is 825 g/mol. The molecule has 0 aliphatic rings. The highest BCUT2D eigenvalue weighted by Gasteiger charge is 2.19. The van der Waals surface area contributed by atoms with Crippen LogP contribution in [0.5, 0.6) is 0 Å². The summed E-state index contributed by atoms with van der Waals surface area (Å²) in [5, 5.41) is 0. The van der Waals surface area contributed by atoms with Gasteiger partial charge in [-0.1, -0.05) is 242 Å². The molecule has 0 aromatic carbocycles. The third-order valence-electron chi connectivity index (χ3n) is 10.6. The third-order valence-corrected chi connectivity index (χ3v) is 10.6. The summed E-state index contributed by atoms with van der Waals surface area (Å²) < 4.78 is 16.7. The predicted molar refractivity (Wildman–Crippen MR) is 251 cm³/mol. The molecule has 6 nitrogen and oxygen atoms in total. The van der Waals surface area contributed by atoms with Gasteiger partial charge in [0.2, 0.25) is 0 Å². The summed E-state index contributed by atoms with van der Waals surface area (Å²) in [5.41, 5.74) is 0. The van der Waals surface area contributed by atoms with Gasteiger partial charge in [0.25, 0.3) is 0 Å². The maximum absolute atomic E-state index is 12.7. The van der Waals surface area contributed by atoms with Gasteiger partial charge in [-0.25, -0.2) is 0 Å². The Morgan fingerprint density at radius 2 is 0.644 bits per heavy atom. The first-order chi connectivity index (χ1) is 29.0. The summed E-state index contributed by atoms with van der Waals surface area (Å²) in [6, 6.07) is 0. The lowest BCUT2D eigenvalue weighted by molar-refractivity contribution is -0.167. The summed E-state index contributed by atoms with van der Waals surface area (Å²) in [5.74, 6) is -0.902. The van der Waals surface area contributed by atoms with E-state index in [-0.39, 0.29) is 31.1 Å². The van der Waals surface area contributed by atoms with Crippen molar-refractivity contribution in [2.75, 3.05) is 13.2 Å². The second-order valence-corrected chi connectivity index (χ2v) is 16.5. The molecule has 6 heteroatoms. The zero-order valence-corrected chi connectivity index (χ0v) is 38.8. The second-order valence-electron chi connectivity index (χ2n) is 16.5. The molecule has 0 spiro atoms. The Morgan fingerprint density at radius 1 is 0.339 bits per heavy atom. The van der Waals surface area contributed by atoms with E-state index < -0.39 is 6.10 Å². The van der Waals surface area contributed by atoms with Gasteiger partial charge in [0.05, 0.1) is 0 Å². The Bertz CT molecular complexity index is 1090. The monoisotopic (exact) mass is 825 g/mol. The van der Waals surface area contributed by atoms with Gasteiger partial charge in [0.15, 0.2) is 6.10 Å². The first-order valence-corrected chi connectivity index (χ1v) is 24.9. The van der Waals surface area contributed by atoms with Crippen molar-refractivity contribution in [2.45, 2.75) is 245 Å². The van der Waals surface area contributed by atoms with E-state index in [1.165, 1.54) is 116 Å². The van der Waals surface area contributed by atoms with Crippen molar-refractivity contribution in [1.82, 2.24) is 0 Å². The third kappa shape index (κ3) is 46.0. The van der Waals surface area contributed by atoms with Crippen LogP contribution in [0, 0.1) is 0 Å². The minimum Gasteiger partial charge on any atom is -0.462 e. The summed E-state index contributed by atoms with van der Waals surface area (Å²) >= 11 is 0. The van der Waals surface area contributed by atoms with Gasteiger partial charge in [-0.3, -0.25) is 14.4 Å². The Morgan fingerprint density at radius 3 is 1.02 bits per heavy atom. The van der Waals surface area contributed by atoms with Gasteiger partial charge in [-0.15, -0.1) is 0 Å². The number of allylic oxidation sites excluding steroid dienone is 10. The zero-order valence-electron chi connectivity index (χ0n) is 38.8. The molecule has 0 rings (SSSR count). The number of esters is 3. The fourth-order valence-corrected chi connectivity index (χ4v) is 6.88. The molecule has 1 atom stereocenters. The average Bonchev–Trinajstić information content (AvgIpc) is 3.23. The number of hydrogen-bond acceptors (Lipinski definition) is 6. The summed E-state index contributed by atoms with van der Waals surface area (Å²) in [6.45, 7) is 6.52. The van der Waals surface area contributed by atoms with Crippen LogP contribution in [0.1, 0.15) is 239 Å².